The molecule has 7 heteroatoms. The Hall–Kier alpha value is -1.96. The number of primary amides is 1. The molecule has 2 unspecified atom stereocenters. The molecule has 2 aliphatic heterocycles. The summed E-state index contributed by atoms with van der Waals surface area (Å²) >= 11 is 0. The van der Waals surface area contributed by atoms with Gasteiger partial charge in [0.05, 0.1) is 19.2 Å². The number of fused-ring (bicyclic) bond motifs is 1. The third kappa shape index (κ3) is 2.55. The van der Waals surface area contributed by atoms with Gasteiger partial charge < -0.3 is 25.2 Å². The number of carbonyl (C=O) groups is 2. The van der Waals surface area contributed by atoms with Gasteiger partial charge in [0, 0.05) is 43.3 Å². The number of aromatic hydroxyl groups is 1. The largest absolute Gasteiger partial charge is 0.507 e. The number of nitrogens with zero attached hydrogens (tertiary/aromatic N) is 1. The highest BCUT2D eigenvalue weighted by molar-refractivity contribution is 5.96. The number of aliphatic hydroxyl groups is 1. The van der Waals surface area contributed by atoms with Crippen molar-refractivity contribution in [2.75, 3.05) is 26.7 Å². The summed E-state index contributed by atoms with van der Waals surface area (Å²) in [5.74, 6) is -0.749. The van der Waals surface area contributed by atoms with Crippen LogP contribution >= 0.6 is 0 Å². The van der Waals surface area contributed by atoms with E-state index in [1.807, 2.05) is 6.07 Å². The number of ether oxygens (including phenoxy) is 1. The molecule has 4 aliphatic rings. The number of likely N-dealkylation sites (tertiary alicyclic amines) is 1. The van der Waals surface area contributed by atoms with Crippen LogP contribution in [-0.2, 0) is 21.4 Å². The Bertz CT molecular complexity index is 926. The Balaban J connectivity index is 1.67. The van der Waals surface area contributed by atoms with Crippen molar-refractivity contribution in [1.82, 2.24) is 0 Å². The van der Waals surface area contributed by atoms with Gasteiger partial charge in [-0.15, -0.1) is 0 Å². The second-order valence-electron chi connectivity index (χ2n) is 10.1. The van der Waals surface area contributed by atoms with E-state index in [0.717, 1.165) is 38.1 Å². The molecule has 1 aromatic carbocycles. The monoisotopic (exact) mass is 415 g/mol. The summed E-state index contributed by atoms with van der Waals surface area (Å²) in [7, 11) is 2.20. The Kier molecular flexibility index (Phi) is 4.34. The van der Waals surface area contributed by atoms with E-state index in [9.17, 15) is 19.8 Å². The molecule has 2 saturated heterocycles. The van der Waals surface area contributed by atoms with Crippen molar-refractivity contribution in [2.45, 2.75) is 68.1 Å². The quantitative estimate of drug-likeness (QED) is 0.642. The van der Waals surface area contributed by atoms with Crippen molar-refractivity contribution in [3.05, 3.63) is 28.8 Å². The van der Waals surface area contributed by atoms with Crippen molar-refractivity contribution >= 4 is 11.7 Å². The maximum atomic E-state index is 12.6. The summed E-state index contributed by atoms with van der Waals surface area (Å²) in [6.45, 7) is 2.43. The molecule has 4 N–H and O–H groups in total. The molecule has 1 aromatic rings. The summed E-state index contributed by atoms with van der Waals surface area (Å²) in [4.78, 5) is 24.5. The van der Waals surface area contributed by atoms with E-state index in [4.69, 9.17) is 10.5 Å². The minimum Gasteiger partial charge on any atom is -0.507 e. The molecule has 2 heterocycles. The van der Waals surface area contributed by atoms with E-state index < -0.39 is 16.9 Å². The van der Waals surface area contributed by atoms with Crippen molar-refractivity contribution < 1.29 is 29.0 Å². The van der Waals surface area contributed by atoms with E-state index in [2.05, 4.69) is 7.05 Å². The molecular formula is C23H31N2O5+. The second-order valence-corrected chi connectivity index (χ2v) is 10.1. The number of phenols is 1. The lowest BCUT2D eigenvalue weighted by molar-refractivity contribution is -0.951. The highest BCUT2D eigenvalue weighted by Gasteiger charge is 2.70. The topological polar surface area (TPSA) is 110 Å². The predicted octanol–water partition coefficient (Wildman–Crippen LogP) is 1.17. The van der Waals surface area contributed by atoms with Gasteiger partial charge in [0.2, 0.25) is 0 Å². The first-order valence-electron chi connectivity index (χ1n) is 11.1. The zero-order valence-electron chi connectivity index (χ0n) is 17.5. The third-order valence-corrected chi connectivity index (χ3v) is 8.53. The lowest BCUT2D eigenvalue weighted by Gasteiger charge is -2.65. The average Bonchev–Trinajstić information content (AvgIpc) is 3.18. The fraction of sp³-hybridized carbons (Fsp3) is 0.652. The number of quaternary nitrogens is 1. The Morgan fingerprint density at radius 3 is 2.87 bits per heavy atom. The van der Waals surface area contributed by atoms with E-state index in [1.165, 1.54) is 0 Å². The number of carbonyl (C=O) groups excluding carboxylic acids is 2. The van der Waals surface area contributed by atoms with Crippen LogP contribution in [0.15, 0.2) is 12.1 Å². The summed E-state index contributed by atoms with van der Waals surface area (Å²) in [6, 6.07) is 3.34. The molecule has 5 atom stereocenters. The molecule has 0 spiro atoms. The number of rotatable bonds is 3. The molecule has 0 aromatic heterocycles. The van der Waals surface area contributed by atoms with Crippen molar-refractivity contribution in [2.24, 2.45) is 5.73 Å². The molecule has 3 fully saturated rings. The van der Waals surface area contributed by atoms with Crippen molar-refractivity contribution in [1.29, 1.82) is 0 Å². The fourth-order valence-electron chi connectivity index (χ4n) is 7.09. The molecule has 2 aliphatic carbocycles. The number of benzene rings is 1. The Morgan fingerprint density at radius 1 is 1.37 bits per heavy atom. The minimum absolute atomic E-state index is 0.0594. The number of amides is 1. The van der Waals surface area contributed by atoms with Crippen LogP contribution in [0, 0.1) is 0 Å². The Morgan fingerprint density at radius 2 is 2.17 bits per heavy atom. The number of piperidine rings is 1. The molecule has 30 heavy (non-hydrogen) atoms. The molecule has 1 amide bonds. The van der Waals surface area contributed by atoms with Crippen molar-refractivity contribution in [3.8, 4) is 5.75 Å². The predicted molar refractivity (Wildman–Crippen MR) is 109 cm³/mol. The Labute approximate surface area is 176 Å². The van der Waals surface area contributed by atoms with Crippen LogP contribution in [0.4, 0.5) is 0 Å². The van der Waals surface area contributed by atoms with Gasteiger partial charge in [0.1, 0.15) is 35.8 Å². The summed E-state index contributed by atoms with van der Waals surface area (Å²) in [6.07, 6.45) is 4.42. The van der Waals surface area contributed by atoms with Crippen LogP contribution in [0.25, 0.3) is 0 Å². The minimum atomic E-state index is -1.12. The van der Waals surface area contributed by atoms with Crippen LogP contribution in [0.1, 0.15) is 60.0 Å². The first kappa shape index (κ1) is 20.0. The molecule has 162 valence electrons. The van der Waals surface area contributed by atoms with Crippen LogP contribution < -0.4 is 5.73 Å². The van der Waals surface area contributed by atoms with Crippen LogP contribution in [-0.4, -0.2) is 70.9 Å². The van der Waals surface area contributed by atoms with E-state index in [0.29, 0.717) is 35.7 Å². The summed E-state index contributed by atoms with van der Waals surface area (Å²) in [5, 5.41) is 23.3. The average molecular weight is 416 g/mol. The third-order valence-electron chi connectivity index (χ3n) is 8.53. The molecule has 0 radical (unpaired) electrons. The normalized spacial score (nSPS) is 40.0. The first-order valence-corrected chi connectivity index (χ1v) is 11.1. The van der Waals surface area contributed by atoms with E-state index in [-0.39, 0.29) is 35.7 Å². The maximum Gasteiger partial charge on any atom is 0.252 e. The van der Waals surface area contributed by atoms with Gasteiger partial charge in [0.25, 0.3) is 5.91 Å². The molecule has 5 rings (SSSR count). The standard InChI is InChI=1S/C23H30N2O5/c1-25(13-16-3-2-10-30-16)9-8-22-12-15(26)6-7-23(22,29)18(25)11-14-4-5-17(21(24)28)20(27)19(14)22/h4-5,16,18,29H,2-3,6-13H2,1H3,(H2-,24,27,28)/p+1/t16?,18-,22-,23-,25?/m1/s1. The molecular weight excluding hydrogens is 384 g/mol. The van der Waals surface area contributed by atoms with Gasteiger partial charge in [-0.1, -0.05) is 6.07 Å². The SMILES string of the molecule is C[N+]1(CC2CCCO2)CC[C@]23CC(=O)CC[C@@]2(O)[C@H]1Cc1ccc(C(N)=O)c(O)c13. The first-order chi connectivity index (χ1) is 14.2. The van der Waals surface area contributed by atoms with Gasteiger partial charge in [-0.25, -0.2) is 0 Å². The summed E-state index contributed by atoms with van der Waals surface area (Å²) < 4.78 is 6.63. The number of likely N-dealkylation sites (N-methyl/N-ethyl adjacent to an activating group) is 1. The van der Waals surface area contributed by atoms with Gasteiger partial charge in [0.15, 0.2) is 0 Å². The van der Waals surface area contributed by atoms with E-state index >= 15 is 0 Å². The fourth-order valence-corrected chi connectivity index (χ4v) is 7.09. The molecule has 1 saturated carbocycles. The smallest absolute Gasteiger partial charge is 0.252 e. The zero-order valence-corrected chi connectivity index (χ0v) is 17.5. The van der Waals surface area contributed by atoms with Crippen LogP contribution in [0.5, 0.6) is 5.75 Å². The lowest BCUT2D eigenvalue weighted by atomic mass is 9.48. The highest BCUT2D eigenvalue weighted by atomic mass is 16.5. The summed E-state index contributed by atoms with van der Waals surface area (Å²) in [5.41, 5.74) is 5.05. The second kappa shape index (κ2) is 6.52. The maximum absolute atomic E-state index is 12.6. The number of Topliss-reactive ketones (excluding diaryl/α,β-unsaturated/α-hetero) is 1. The van der Waals surface area contributed by atoms with Crippen molar-refractivity contribution in [3.63, 3.8) is 0 Å². The highest BCUT2D eigenvalue weighted by Crippen LogP contribution is 2.61. The van der Waals surface area contributed by atoms with Gasteiger partial charge >= 0.3 is 0 Å². The zero-order chi connectivity index (χ0) is 21.3. The van der Waals surface area contributed by atoms with Gasteiger partial charge in [-0.2, -0.15) is 0 Å². The van der Waals surface area contributed by atoms with Crippen LogP contribution in [0.2, 0.25) is 0 Å². The molecule has 7 nitrogen and oxygen atoms in total. The number of nitrogens with two attached hydrogens (primary N) is 1. The number of ketones is 1. The number of hydrogen-bond donors (Lipinski definition) is 3. The number of hydrogen-bond acceptors (Lipinski definition) is 5. The van der Waals surface area contributed by atoms with E-state index in [1.54, 1.807) is 6.07 Å². The lowest BCUT2D eigenvalue weighted by Crippen LogP contribution is -2.78. The van der Waals surface area contributed by atoms with Gasteiger partial charge in [-0.3, -0.25) is 9.59 Å². The molecule has 2 bridgehead atoms. The van der Waals surface area contributed by atoms with Crippen LogP contribution in [0.3, 0.4) is 0 Å². The van der Waals surface area contributed by atoms with Gasteiger partial charge in [-0.05, 0) is 30.9 Å².